The molecule has 106 valence electrons. The molecule has 19 heavy (non-hydrogen) atoms. The fourth-order valence-corrected chi connectivity index (χ4v) is 2.43. The van der Waals surface area contributed by atoms with Crippen LogP contribution >= 0.6 is 0 Å². The van der Waals surface area contributed by atoms with Crippen LogP contribution in [0.2, 0.25) is 0 Å². The van der Waals surface area contributed by atoms with Gasteiger partial charge < -0.3 is 15.2 Å². The van der Waals surface area contributed by atoms with E-state index in [4.69, 9.17) is 4.74 Å². The standard InChI is InChI=1S/C16H25NO2/c1-3-9-17-12-16(2,18)8-6-13-4-5-15-14(11-13)7-10-19-15/h4-5,11,17-18H,3,6-10,12H2,1-2H3. The van der Waals surface area contributed by atoms with Crippen LogP contribution in [0.5, 0.6) is 5.75 Å². The van der Waals surface area contributed by atoms with Gasteiger partial charge in [-0.1, -0.05) is 19.1 Å². The van der Waals surface area contributed by atoms with Crippen LogP contribution in [0.15, 0.2) is 18.2 Å². The van der Waals surface area contributed by atoms with E-state index in [-0.39, 0.29) is 0 Å². The van der Waals surface area contributed by atoms with Crippen molar-refractivity contribution >= 4 is 0 Å². The number of aryl methyl sites for hydroxylation is 1. The molecule has 1 aromatic carbocycles. The van der Waals surface area contributed by atoms with Crippen LogP contribution in [0.4, 0.5) is 0 Å². The van der Waals surface area contributed by atoms with E-state index in [9.17, 15) is 5.11 Å². The SMILES string of the molecule is CCCNCC(C)(O)CCc1ccc2c(c1)CCO2. The van der Waals surface area contributed by atoms with Crippen molar-refractivity contribution in [3.8, 4) is 5.75 Å². The van der Waals surface area contributed by atoms with Crippen molar-refractivity contribution < 1.29 is 9.84 Å². The lowest BCUT2D eigenvalue weighted by molar-refractivity contribution is 0.0513. The molecular formula is C16H25NO2. The van der Waals surface area contributed by atoms with Crippen LogP contribution in [0.25, 0.3) is 0 Å². The summed E-state index contributed by atoms with van der Waals surface area (Å²) >= 11 is 0. The Morgan fingerprint density at radius 3 is 3.05 bits per heavy atom. The monoisotopic (exact) mass is 263 g/mol. The lowest BCUT2D eigenvalue weighted by Gasteiger charge is -2.23. The Labute approximate surface area is 116 Å². The lowest BCUT2D eigenvalue weighted by atomic mass is 9.95. The summed E-state index contributed by atoms with van der Waals surface area (Å²) in [4.78, 5) is 0. The molecule has 0 saturated carbocycles. The first-order valence-corrected chi connectivity index (χ1v) is 7.28. The molecule has 1 aromatic rings. The van der Waals surface area contributed by atoms with Gasteiger partial charge >= 0.3 is 0 Å². The second-order valence-electron chi connectivity index (χ2n) is 5.71. The van der Waals surface area contributed by atoms with Crippen molar-refractivity contribution in [2.45, 2.75) is 45.1 Å². The number of aliphatic hydroxyl groups is 1. The van der Waals surface area contributed by atoms with Gasteiger partial charge in [-0.2, -0.15) is 0 Å². The van der Waals surface area contributed by atoms with Crippen molar-refractivity contribution in [1.29, 1.82) is 0 Å². The average Bonchev–Trinajstić information content (AvgIpc) is 2.84. The first kappa shape index (κ1) is 14.4. The maximum absolute atomic E-state index is 10.3. The highest BCUT2D eigenvalue weighted by atomic mass is 16.5. The van der Waals surface area contributed by atoms with E-state index >= 15 is 0 Å². The van der Waals surface area contributed by atoms with Gasteiger partial charge in [0.1, 0.15) is 5.75 Å². The summed E-state index contributed by atoms with van der Waals surface area (Å²) < 4.78 is 5.50. The van der Waals surface area contributed by atoms with Crippen molar-refractivity contribution in [3.05, 3.63) is 29.3 Å². The van der Waals surface area contributed by atoms with Gasteiger partial charge in [0.05, 0.1) is 12.2 Å². The van der Waals surface area contributed by atoms with E-state index in [1.54, 1.807) is 0 Å². The lowest BCUT2D eigenvalue weighted by Crippen LogP contribution is -2.38. The molecule has 1 aliphatic heterocycles. The highest BCUT2D eigenvalue weighted by Gasteiger charge is 2.20. The molecule has 3 heteroatoms. The Morgan fingerprint density at radius 1 is 1.42 bits per heavy atom. The van der Waals surface area contributed by atoms with E-state index < -0.39 is 5.60 Å². The van der Waals surface area contributed by atoms with E-state index in [1.807, 2.05) is 6.92 Å². The topological polar surface area (TPSA) is 41.5 Å². The third-order valence-corrected chi connectivity index (χ3v) is 3.64. The second-order valence-corrected chi connectivity index (χ2v) is 5.71. The molecule has 0 saturated heterocycles. The minimum atomic E-state index is -0.634. The molecule has 1 heterocycles. The van der Waals surface area contributed by atoms with Gasteiger partial charge in [-0.05, 0) is 49.9 Å². The van der Waals surface area contributed by atoms with Crippen LogP contribution in [0.1, 0.15) is 37.8 Å². The minimum Gasteiger partial charge on any atom is -0.493 e. The summed E-state index contributed by atoms with van der Waals surface area (Å²) in [6.07, 6.45) is 3.80. The Morgan fingerprint density at radius 2 is 2.26 bits per heavy atom. The minimum absolute atomic E-state index is 0.634. The van der Waals surface area contributed by atoms with Gasteiger partial charge in [-0.25, -0.2) is 0 Å². The molecule has 0 spiro atoms. The first-order chi connectivity index (χ1) is 9.11. The van der Waals surface area contributed by atoms with Crippen molar-refractivity contribution in [1.82, 2.24) is 5.32 Å². The molecule has 0 fully saturated rings. The zero-order chi connectivity index (χ0) is 13.7. The Hall–Kier alpha value is -1.06. The first-order valence-electron chi connectivity index (χ1n) is 7.28. The predicted octanol–water partition coefficient (Wildman–Crippen LogP) is 2.30. The van der Waals surface area contributed by atoms with Gasteiger partial charge in [0.2, 0.25) is 0 Å². The average molecular weight is 263 g/mol. The third kappa shape index (κ3) is 4.22. The number of rotatable bonds is 7. The van der Waals surface area contributed by atoms with Crippen molar-refractivity contribution in [2.24, 2.45) is 0 Å². The maximum atomic E-state index is 10.3. The van der Waals surface area contributed by atoms with Crippen LogP contribution < -0.4 is 10.1 Å². The molecule has 0 bridgehead atoms. The Balaban J connectivity index is 1.84. The van der Waals surface area contributed by atoms with E-state index in [0.29, 0.717) is 6.54 Å². The van der Waals surface area contributed by atoms with Gasteiger partial charge in [0, 0.05) is 13.0 Å². The van der Waals surface area contributed by atoms with Gasteiger partial charge in [0.25, 0.3) is 0 Å². The smallest absolute Gasteiger partial charge is 0.122 e. The zero-order valence-corrected chi connectivity index (χ0v) is 12.0. The van der Waals surface area contributed by atoms with E-state index in [1.165, 1.54) is 11.1 Å². The van der Waals surface area contributed by atoms with Gasteiger partial charge in [-0.3, -0.25) is 0 Å². The number of fused-ring (bicyclic) bond motifs is 1. The largest absolute Gasteiger partial charge is 0.493 e. The molecule has 1 unspecified atom stereocenters. The van der Waals surface area contributed by atoms with Crippen molar-refractivity contribution in [3.63, 3.8) is 0 Å². The quantitative estimate of drug-likeness (QED) is 0.742. The number of nitrogens with one attached hydrogen (secondary N) is 1. The Bertz CT molecular complexity index is 415. The molecule has 0 aromatic heterocycles. The normalized spacial score (nSPS) is 16.8. The Kier molecular flexibility index (Phi) is 4.83. The summed E-state index contributed by atoms with van der Waals surface area (Å²) in [5.41, 5.74) is 1.96. The molecular weight excluding hydrogens is 238 g/mol. The predicted molar refractivity (Wildman–Crippen MR) is 77.7 cm³/mol. The molecule has 0 amide bonds. The molecule has 2 rings (SSSR count). The van der Waals surface area contributed by atoms with Gasteiger partial charge in [0.15, 0.2) is 0 Å². The molecule has 1 aliphatic rings. The van der Waals surface area contributed by atoms with Crippen LogP contribution in [-0.2, 0) is 12.8 Å². The van der Waals surface area contributed by atoms with Crippen LogP contribution in [-0.4, -0.2) is 30.4 Å². The molecule has 1 atom stereocenters. The second kappa shape index (κ2) is 6.40. The number of hydrogen-bond acceptors (Lipinski definition) is 3. The highest BCUT2D eigenvalue weighted by Crippen LogP contribution is 2.26. The van der Waals surface area contributed by atoms with Crippen molar-refractivity contribution in [2.75, 3.05) is 19.7 Å². The molecule has 0 radical (unpaired) electrons. The molecule has 0 aliphatic carbocycles. The third-order valence-electron chi connectivity index (χ3n) is 3.64. The van der Waals surface area contributed by atoms with Crippen LogP contribution in [0.3, 0.4) is 0 Å². The zero-order valence-electron chi connectivity index (χ0n) is 12.0. The summed E-state index contributed by atoms with van der Waals surface area (Å²) in [5, 5.41) is 13.6. The molecule has 2 N–H and O–H groups in total. The fraction of sp³-hybridized carbons (Fsp3) is 0.625. The van der Waals surface area contributed by atoms with Gasteiger partial charge in [-0.15, -0.1) is 0 Å². The van der Waals surface area contributed by atoms with E-state index in [0.717, 1.165) is 44.6 Å². The summed E-state index contributed by atoms with van der Waals surface area (Å²) in [6.45, 7) is 6.47. The number of hydrogen-bond donors (Lipinski definition) is 2. The van der Waals surface area contributed by atoms with E-state index in [2.05, 4.69) is 30.4 Å². The fourth-order valence-electron chi connectivity index (χ4n) is 2.43. The highest BCUT2D eigenvalue weighted by molar-refractivity contribution is 5.39. The summed E-state index contributed by atoms with van der Waals surface area (Å²) in [6, 6.07) is 6.39. The summed E-state index contributed by atoms with van der Waals surface area (Å²) in [7, 11) is 0. The maximum Gasteiger partial charge on any atom is 0.122 e. The molecule has 3 nitrogen and oxygen atoms in total. The van der Waals surface area contributed by atoms with Crippen LogP contribution in [0, 0.1) is 0 Å². The number of benzene rings is 1. The summed E-state index contributed by atoms with van der Waals surface area (Å²) in [5.74, 6) is 1.03. The number of ether oxygens (including phenoxy) is 1.